The minimum Gasteiger partial charge on any atom is -0.333 e. The maximum absolute atomic E-state index is 4.30. The van der Waals surface area contributed by atoms with Crippen LogP contribution >= 0.6 is 0 Å². The van der Waals surface area contributed by atoms with Crippen molar-refractivity contribution >= 4 is 0 Å². The lowest BCUT2D eigenvalue weighted by Crippen LogP contribution is -2.20. The molecule has 1 aromatic rings. The van der Waals surface area contributed by atoms with Crippen molar-refractivity contribution in [3.8, 4) is 0 Å². The molecule has 1 aliphatic heterocycles. The molecule has 0 aliphatic carbocycles. The highest BCUT2D eigenvalue weighted by Crippen LogP contribution is 2.24. The van der Waals surface area contributed by atoms with Crippen molar-refractivity contribution < 1.29 is 0 Å². The van der Waals surface area contributed by atoms with Crippen LogP contribution in [0, 0.1) is 11.8 Å². The highest BCUT2D eigenvalue weighted by molar-refractivity contribution is 5.07. The number of nitrogens with one attached hydrogen (secondary N) is 1. The number of nitrogens with zero attached hydrogens (tertiary/aromatic N) is 2. The van der Waals surface area contributed by atoms with E-state index in [0.717, 1.165) is 19.0 Å². The van der Waals surface area contributed by atoms with Gasteiger partial charge in [-0.25, -0.2) is 4.98 Å². The Bertz CT molecular complexity index is 324. The van der Waals surface area contributed by atoms with E-state index in [1.807, 2.05) is 12.5 Å². The van der Waals surface area contributed by atoms with E-state index in [4.69, 9.17) is 0 Å². The number of aromatic nitrogens is 2. The van der Waals surface area contributed by atoms with Crippen LogP contribution in [-0.4, -0.2) is 16.1 Å². The van der Waals surface area contributed by atoms with Crippen LogP contribution in [0.25, 0.3) is 0 Å². The number of hydrogen-bond donors (Lipinski definition) is 1. The molecule has 0 saturated carbocycles. The quantitative estimate of drug-likeness (QED) is 0.847. The van der Waals surface area contributed by atoms with E-state index in [2.05, 4.69) is 35.6 Å². The van der Waals surface area contributed by atoms with E-state index >= 15 is 0 Å². The van der Waals surface area contributed by atoms with Crippen LogP contribution in [-0.2, 0) is 6.54 Å². The summed E-state index contributed by atoms with van der Waals surface area (Å²) in [5.41, 5.74) is 1.37. The summed E-state index contributed by atoms with van der Waals surface area (Å²) in [5.74, 6) is 1.43. The highest BCUT2D eigenvalue weighted by Gasteiger charge is 2.20. The topological polar surface area (TPSA) is 29.9 Å². The molecule has 1 aromatic heterocycles. The number of imidazole rings is 1. The zero-order chi connectivity index (χ0) is 11.5. The average molecular weight is 221 g/mol. The van der Waals surface area contributed by atoms with Gasteiger partial charge in [-0.15, -0.1) is 0 Å². The summed E-state index contributed by atoms with van der Waals surface area (Å²) >= 11 is 0. The fourth-order valence-electron chi connectivity index (χ4n) is 2.23. The number of rotatable bonds is 4. The third-order valence-corrected chi connectivity index (χ3v) is 3.78. The first-order valence-corrected chi connectivity index (χ1v) is 6.42. The van der Waals surface area contributed by atoms with Crippen molar-refractivity contribution in [1.82, 2.24) is 14.9 Å². The van der Waals surface area contributed by atoms with Crippen LogP contribution in [0.1, 0.15) is 45.3 Å². The number of hydrogen-bond acceptors (Lipinski definition) is 2. The van der Waals surface area contributed by atoms with Gasteiger partial charge < -0.3 is 9.88 Å². The van der Waals surface area contributed by atoms with Crippen LogP contribution in [0.4, 0.5) is 0 Å². The first-order chi connectivity index (χ1) is 7.68. The van der Waals surface area contributed by atoms with Crippen LogP contribution in [0.2, 0.25) is 0 Å². The van der Waals surface area contributed by atoms with Gasteiger partial charge in [0.15, 0.2) is 0 Å². The molecule has 0 aromatic carbocycles. The Labute approximate surface area is 98.3 Å². The van der Waals surface area contributed by atoms with Gasteiger partial charge in [-0.05, 0) is 31.2 Å². The Hall–Kier alpha value is -0.830. The fourth-order valence-corrected chi connectivity index (χ4v) is 2.23. The molecule has 3 nitrogen and oxygen atoms in total. The van der Waals surface area contributed by atoms with E-state index in [0.29, 0.717) is 12.0 Å². The van der Waals surface area contributed by atoms with Crippen LogP contribution < -0.4 is 5.32 Å². The zero-order valence-electron chi connectivity index (χ0n) is 10.6. The second kappa shape index (κ2) is 5.00. The maximum Gasteiger partial charge on any atom is 0.0948 e. The van der Waals surface area contributed by atoms with Crippen molar-refractivity contribution in [3.63, 3.8) is 0 Å². The Morgan fingerprint density at radius 1 is 1.50 bits per heavy atom. The van der Waals surface area contributed by atoms with Gasteiger partial charge in [0.25, 0.3) is 0 Å². The van der Waals surface area contributed by atoms with Crippen LogP contribution in [0.3, 0.4) is 0 Å². The van der Waals surface area contributed by atoms with Crippen LogP contribution in [0.15, 0.2) is 12.5 Å². The molecule has 2 heterocycles. The second-order valence-electron chi connectivity index (χ2n) is 5.34. The van der Waals surface area contributed by atoms with Gasteiger partial charge in [-0.2, -0.15) is 0 Å². The molecule has 1 N–H and O–H groups in total. The minimum atomic E-state index is 0.530. The van der Waals surface area contributed by atoms with Gasteiger partial charge in [0.1, 0.15) is 0 Å². The molecule has 90 valence electrons. The van der Waals surface area contributed by atoms with Crippen molar-refractivity contribution in [3.05, 3.63) is 18.2 Å². The predicted molar refractivity (Wildman–Crippen MR) is 66.2 cm³/mol. The van der Waals surface area contributed by atoms with Gasteiger partial charge in [0, 0.05) is 18.8 Å². The lowest BCUT2D eigenvalue weighted by atomic mass is 9.98. The largest absolute Gasteiger partial charge is 0.333 e. The summed E-state index contributed by atoms with van der Waals surface area (Å²) in [6.07, 6.45) is 6.54. The van der Waals surface area contributed by atoms with Crippen LogP contribution in [0.5, 0.6) is 0 Å². The smallest absolute Gasteiger partial charge is 0.0948 e. The van der Waals surface area contributed by atoms with E-state index in [1.54, 1.807) is 0 Å². The van der Waals surface area contributed by atoms with E-state index in [-0.39, 0.29) is 0 Å². The highest BCUT2D eigenvalue weighted by atomic mass is 15.1. The van der Waals surface area contributed by atoms with E-state index < -0.39 is 0 Å². The summed E-state index contributed by atoms with van der Waals surface area (Å²) in [4.78, 5) is 4.30. The third-order valence-electron chi connectivity index (χ3n) is 3.78. The first-order valence-electron chi connectivity index (χ1n) is 6.42. The molecule has 0 amide bonds. The molecular formula is C13H23N3. The molecule has 2 atom stereocenters. The molecule has 1 fully saturated rings. The molecule has 0 spiro atoms. The Kier molecular flexibility index (Phi) is 3.64. The van der Waals surface area contributed by atoms with E-state index in [1.165, 1.54) is 18.5 Å². The third kappa shape index (κ3) is 2.46. The first kappa shape index (κ1) is 11.6. The maximum atomic E-state index is 4.30. The van der Waals surface area contributed by atoms with Gasteiger partial charge in [-0.1, -0.05) is 20.8 Å². The summed E-state index contributed by atoms with van der Waals surface area (Å²) in [6, 6.07) is 0.530. The molecule has 2 rings (SSSR count). The predicted octanol–water partition coefficient (Wildman–Crippen LogP) is 2.60. The molecule has 1 saturated heterocycles. The zero-order valence-corrected chi connectivity index (χ0v) is 10.6. The Balaban J connectivity index is 2.06. The molecule has 1 aliphatic rings. The van der Waals surface area contributed by atoms with Crippen molar-refractivity contribution in [1.29, 1.82) is 0 Å². The molecule has 3 heteroatoms. The molecule has 0 bridgehead atoms. The van der Waals surface area contributed by atoms with Gasteiger partial charge in [0.2, 0.25) is 0 Å². The molecule has 2 unspecified atom stereocenters. The molecule has 0 radical (unpaired) electrons. The van der Waals surface area contributed by atoms with Gasteiger partial charge >= 0.3 is 0 Å². The average Bonchev–Trinajstić information content (AvgIpc) is 2.85. The lowest BCUT2D eigenvalue weighted by Gasteiger charge is -2.20. The van der Waals surface area contributed by atoms with Crippen molar-refractivity contribution in [2.24, 2.45) is 11.8 Å². The SMILES string of the molecule is CC(C)C(C)Cn1cncc1C1CCCN1. The fraction of sp³-hybridized carbons (Fsp3) is 0.769. The molecular weight excluding hydrogens is 198 g/mol. The summed E-state index contributed by atoms with van der Waals surface area (Å²) in [7, 11) is 0. The van der Waals surface area contributed by atoms with Crippen molar-refractivity contribution in [2.45, 2.75) is 46.2 Å². The van der Waals surface area contributed by atoms with Gasteiger partial charge in [0.05, 0.1) is 12.0 Å². The summed E-state index contributed by atoms with van der Waals surface area (Å²) < 4.78 is 2.33. The normalized spacial score (nSPS) is 22.9. The summed E-state index contributed by atoms with van der Waals surface area (Å²) in [6.45, 7) is 9.13. The lowest BCUT2D eigenvalue weighted by molar-refractivity contribution is 0.355. The standard InChI is InChI=1S/C13H23N3/c1-10(2)11(3)8-16-9-14-7-13(16)12-5-4-6-15-12/h7,9-12,15H,4-6,8H2,1-3H3. The Morgan fingerprint density at radius 2 is 2.31 bits per heavy atom. The monoisotopic (exact) mass is 221 g/mol. The summed E-state index contributed by atoms with van der Waals surface area (Å²) in [5, 5.41) is 3.54. The van der Waals surface area contributed by atoms with Gasteiger partial charge in [-0.3, -0.25) is 0 Å². The Morgan fingerprint density at radius 3 is 2.94 bits per heavy atom. The van der Waals surface area contributed by atoms with Crippen molar-refractivity contribution in [2.75, 3.05) is 6.54 Å². The van der Waals surface area contributed by atoms with E-state index in [9.17, 15) is 0 Å². The second-order valence-corrected chi connectivity index (χ2v) is 5.34. The minimum absolute atomic E-state index is 0.530. The molecule has 16 heavy (non-hydrogen) atoms.